The molecule has 10 heteroatoms. The summed E-state index contributed by atoms with van der Waals surface area (Å²) in [6, 6.07) is 3.36. The van der Waals surface area contributed by atoms with Gasteiger partial charge in [-0.3, -0.25) is 0 Å². The van der Waals surface area contributed by atoms with Crippen molar-refractivity contribution < 1.29 is 28.5 Å². The number of aliphatic imine (C=N–C) groups is 1. The fraction of sp³-hybridized carbons (Fsp3) is 0.591. The zero-order chi connectivity index (χ0) is 24.7. The summed E-state index contributed by atoms with van der Waals surface area (Å²) in [7, 11) is 2.94. The molecule has 1 aromatic rings. The van der Waals surface area contributed by atoms with Crippen molar-refractivity contribution in [3.05, 3.63) is 17.7 Å². The van der Waals surface area contributed by atoms with Crippen LogP contribution in [0.2, 0.25) is 0 Å². The lowest BCUT2D eigenvalue weighted by Crippen LogP contribution is -2.43. The van der Waals surface area contributed by atoms with Gasteiger partial charge in [-0.1, -0.05) is 18.7 Å². The van der Waals surface area contributed by atoms with Crippen LogP contribution in [0.1, 0.15) is 54.0 Å². The van der Waals surface area contributed by atoms with Crippen molar-refractivity contribution in [3.8, 4) is 11.5 Å². The highest BCUT2D eigenvalue weighted by Crippen LogP contribution is 2.39. The molecule has 0 aliphatic rings. The molecule has 0 spiro atoms. The molecule has 2 amide bonds. The van der Waals surface area contributed by atoms with Gasteiger partial charge in [-0.2, -0.15) is 0 Å². The third kappa shape index (κ3) is 8.49. The highest BCUT2D eigenvalue weighted by molar-refractivity contribution is 8.13. The van der Waals surface area contributed by atoms with Crippen LogP contribution in [-0.2, 0) is 16.0 Å². The number of imide groups is 1. The minimum Gasteiger partial charge on any atom is -0.496 e. The SMILES string of the molecule is CCSC(N)=Nc1ccc(OC)c(CN(C(=O)OC(C)(C)C)C(=O)OC(C)(C)C)c1OC. The van der Waals surface area contributed by atoms with Crippen LogP contribution in [0.3, 0.4) is 0 Å². The van der Waals surface area contributed by atoms with E-state index in [1.165, 1.54) is 26.0 Å². The normalized spacial score (nSPS) is 12.2. The van der Waals surface area contributed by atoms with Gasteiger partial charge in [-0.05, 0) is 59.4 Å². The number of hydrogen-bond acceptors (Lipinski definition) is 8. The number of amides is 2. The molecular weight excluding hydrogens is 434 g/mol. The van der Waals surface area contributed by atoms with Crippen molar-refractivity contribution in [3.63, 3.8) is 0 Å². The molecule has 0 heterocycles. The molecule has 0 saturated heterocycles. The molecule has 0 aliphatic heterocycles. The number of ether oxygens (including phenoxy) is 4. The molecule has 1 aromatic carbocycles. The molecule has 0 bridgehead atoms. The van der Waals surface area contributed by atoms with Crippen molar-refractivity contribution in [2.75, 3.05) is 20.0 Å². The Morgan fingerprint density at radius 2 is 1.53 bits per heavy atom. The number of carbonyl (C=O) groups is 2. The van der Waals surface area contributed by atoms with Crippen molar-refractivity contribution in [1.29, 1.82) is 0 Å². The fourth-order valence-corrected chi connectivity index (χ4v) is 3.01. The summed E-state index contributed by atoms with van der Waals surface area (Å²) in [5.74, 6) is 1.48. The predicted molar refractivity (Wildman–Crippen MR) is 127 cm³/mol. The molecule has 0 radical (unpaired) electrons. The highest BCUT2D eigenvalue weighted by Gasteiger charge is 2.33. The van der Waals surface area contributed by atoms with Crippen molar-refractivity contribution in [2.24, 2.45) is 10.7 Å². The summed E-state index contributed by atoms with van der Waals surface area (Å²) in [4.78, 5) is 31.1. The maximum atomic E-state index is 12.9. The zero-order valence-corrected chi connectivity index (χ0v) is 21.2. The number of methoxy groups -OCH3 is 2. The van der Waals surface area contributed by atoms with Gasteiger partial charge in [-0.15, -0.1) is 0 Å². The average molecular weight is 470 g/mol. The molecule has 0 fully saturated rings. The number of nitrogens with zero attached hydrogens (tertiary/aromatic N) is 2. The summed E-state index contributed by atoms with van der Waals surface area (Å²) in [5.41, 5.74) is 5.19. The van der Waals surface area contributed by atoms with Gasteiger partial charge in [0.2, 0.25) is 0 Å². The predicted octanol–water partition coefficient (Wildman–Crippen LogP) is 5.08. The van der Waals surface area contributed by atoms with Crippen LogP contribution in [0.4, 0.5) is 15.3 Å². The molecule has 0 aliphatic carbocycles. The first-order chi connectivity index (χ1) is 14.7. The van der Waals surface area contributed by atoms with E-state index in [-0.39, 0.29) is 6.54 Å². The number of rotatable bonds is 6. The summed E-state index contributed by atoms with van der Waals surface area (Å²) >= 11 is 1.38. The van der Waals surface area contributed by atoms with Gasteiger partial charge in [0, 0.05) is 0 Å². The third-order valence-corrected chi connectivity index (χ3v) is 4.36. The van der Waals surface area contributed by atoms with E-state index in [9.17, 15) is 9.59 Å². The summed E-state index contributed by atoms with van der Waals surface area (Å²) in [6.45, 7) is 12.0. The van der Waals surface area contributed by atoms with Crippen LogP contribution in [0, 0.1) is 0 Å². The van der Waals surface area contributed by atoms with Crippen LogP contribution in [0.5, 0.6) is 11.5 Å². The highest BCUT2D eigenvalue weighted by atomic mass is 32.2. The van der Waals surface area contributed by atoms with Crippen molar-refractivity contribution in [2.45, 2.75) is 66.2 Å². The Balaban J connectivity index is 3.53. The Morgan fingerprint density at radius 1 is 1.00 bits per heavy atom. The standard InChI is InChI=1S/C22H35N3O6S/c1-10-32-18(23)24-15-11-12-16(28-8)14(17(15)29-9)13-25(19(26)30-21(2,3)4)20(27)31-22(5,6)7/h11-12H,10,13H2,1-9H3,(H2,23,24). The van der Waals surface area contributed by atoms with Gasteiger partial charge >= 0.3 is 12.2 Å². The number of nitrogens with two attached hydrogens (primary N) is 1. The molecule has 180 valence electrons. The first kappa shape index (κ1) is 27.4. The number of thioether (sulfide) groups is 1. The van der Waals surface area contributed by atoms with Crippen LogP contribution in [0.15, 0.2) is 17.1 Å². The van der Waals surface area contributed by atoms with E-state index in [1.807, 2.05) is 6.92 Å². The second-order valence-corrected chi connectivity index (χ2v) is 10.0. The topological polar surface area (TPSA) is 113 Å². The number of amidine groups is 1. The van der Waals surface area contributed by atoms with E-state index in [2.05, 4.69) is 4.99 Å². The Hall–Kier alpha value is -2.62. The van der Waals surface area contributed by atoms with E-state index in [0.29, 0.717) is 27.9 Å². The molecular formula is C22H35N3O6S. The van der Waals surface area contributed by atoms with Crippen LogP contribution in [0.25, 0.3) is 0 Å². The largest absolute Gasteiger partial charge is 0.496 e. The molecule has 9 nitrogen and oxygen atoms in total. The van der Waals surface area contributed by atoms with Gasteiger partial charge in [0.25, 0.3) is 0 Å². The van der Waals surface area contributed by atoms with Crippen molar-refractivity contribution >= 4 is 34.8 Å². The third-order valence-electron chi connectivity index (χ3n) is 3.69. The maximum absolute atomic E-state index is 12.9. The van der Waals surface area contributed by atoms with Gasteiger partial charge in [0.1, 0.15) is 22.6 Å². The molecule has 1 rings (SSSR count). The first-order valence-electron chi connectivity index (χ1n) is 10.2. The van der Waals surface area contributed by atoms with E-state index in [0.717, 1.165) is 10.7 Å². The van der Waals surface area contributed by atoms with Crippen LogP contribution in [-0.4, -0.2) is 53.4 Å². The number of carbonyl (C=O) groups excluding carboxylic acids is 2. The quantitative estimate of drug-likeness (QED) is 0.453. The van der Waals surface area contributed by atoms with Crippen molar-refractivity contribution in [1.82, 2.24) is 4.90 Å². The second kappa shape index (κ2) is 11.3. The van der Waals surface area contributed by atoms with Gasteiger partial charge in [0.15, 0.2) is 10.9 Å². The Bertz CT molecular complexity index is 815. The molecule has 0 unspecified atom stereocenters. The lowest BCUT2D eigenvalue weighted by atomic mass is 10.1. The molecule has 0 aromatic heterocycles. The van der Waals surface area contributed by atoms with Gasteiger partial charge in [-0.25, -0.2) is 19.5 Å². The van der Waals surface area contributed by atoms with E-state index >= 15 is 0 Å². The first-order valence-corrected chi connectivity index (χ1v) is 11.1. The Kier molecular flexibility index (Phi) is 9.69. The zero-order valence-electron chi connectivity index (χ0n) is 20.4. The lowest BCUT2D eigenvalue weighted by molar-refractivity contribution is -0.000421. The fourth-order valence-electron chi connectivity index (χ4n) is 2.55. The summed E-state index contributed by atoms with van der Waals surface area (Å²) in [6.07, 6.45) is -1.71. The molecule has 32 heavy (non-hydrogen) atoms. The Morgan fingerprint density at radius 3 is 1.94 bits per heavy atom. The maximum Gasteiger partial charge on any atom is 0.420 e. The minimum absolute atomic E-state index is 0.222. The monoisotopic (exact) mass is 469 g/mol. The van der Waals surface area contributed by atoms with Gasteiger partial charge < -0.3 is 24.7 Å². The number of benzene rings is 1. The summed E-state index contributed by atoms with van der Waals surface area (Å²) in [5, 5.41) is 0.359. The smallest absolute Gasteiger partial charge is 0.420 e. The Labute approximate surface area is 194 Å². The number of hydrogen-bond donors (Lipinski definition) is 1. The molecule has 0 atom stereocenters. The lowest BCUT2D eigenvalue weighted by Gasteiger charge is -2.29. The summed E-state index contributed by atoms with van der Waals surface area (Å²) < 4.78 is 21.9. The average Bonchev–Trinajstić information content (AvgIpc) is 2.63. The van der Waals surface area contributed by atoms with E-state index in [4.69, 9.17) is 24.7 Å². The minimum atomic E-state index is -0.856. The second-order valence-electron chi connectivity index (χ2n) is 8.73. The molecule has 0 saturated carbocycles. The van der Waals surface area contributed by atoms with Gasteiger partial charge in [0.05, 0.1) is 26.3 Å². The van der Waals surface area contributed by atoms with E-state index in [1.54, 1.807) is 53.7 Å². The van der Waals surface area contributed by atoms with Crippen LogP contribution >= 0.6 is 11.8 Å². The molecule has 2 N–H and O–H groups in total. The van der Waals surface area contributed by atoms with Crippen LogP contribution < -0.4 is 15.2 Å². The van der Waals surface area contributed by atoms with E-state index < -0.39 is 23.4 Å².